The van der Waals surface area contributed by atoms with Crippen LogP contribution in [-0.2, 0) is 0 Å². The van der Waals surface area contributed by atoms with Crippen molar-refractivity contribution in [2.24, 2.45) is 23.2 Å². The zero-order valence-electron chi connectivity index (χ0n) is 21.4. The summed E-state index contributed by atoms with van der Waals surface area (Å²) in [5, 5.41) is 6.33. The molecule has 0 radical (unpaired) electrons. The standard InChI is InChI=1S/C28H41N5O2/c1-3-20-13-21-7-5-11-28(14-20,15-21)19-30-27(35)24-9-4-10-25-31-23(18-33(24)25)26(34)29-16-22-8-6-12-32(2)17-22/h4,9-10,18,20-22H,3,5-8,11-17,19H2,1-2H3,(H,29,34)(H,30,35). The van der Waals surface area contributed by atoms with Crippen molar-refractivity contribution in [3.8, 4) is 0 Å². The fourth-order valence-electron chi connectivity index (χ4n) is 7.11. The molecule has 7 nitrogen and oxygen atoms in total. The van der Waals surface area contributed by atoms with Gasteiger partial charge in [0.2, 0.25) is 0 Å². The van der Waals surface area contributed by atoms with E-state index in [9.17, 15) is 9.59 Å². The summed E-state index contributed by atoms with van der Waals surface area (Å²) < 4.78 is 1.76. The SMILES string of the molecule is CCC1CC2CCCC(CNC(=O)c3cccc4nc(C(=O)NCC5CCCN(C)C5)cn34)(C1)C2. The number of carbonyl (C=O) groups is 2. The minimum Gasteiger partial charge on any atom is -0.350 e. The Morgan fingerprint density at radius 2 is 2.00 bits per heavy atom. The number of aromatic nitrogens is 2. The van der Waals surface area contributed by atoms with Crippen LogP contribution in [0.5, 0.6) is 0 Å². The van der Waals surface area contributed by atoms with E-state index >= 15 is 0 Å². The molecular formula is C28H41N5O2. The van der Waals surface area contributed by atoms with Gasteiger partial charge in [-0.2, -0.15) is 0 Å². The molecule has 4 atom stereocenters. The lowest BCUT2D eigenvalue weighted by molar-refractivity contribution is 0.0368. The van der Waals surface area contributed by atoms with Gasteiger partial charge >= 0.3 is 0 Å². The third kappa shape index (κ3) is 5.40. The Bertz CT molecular complexity index is 1060. The molecule has 2 aromatic rings. The second-order valence-corrected chi connectivity index (χ2v) is 11.6. The fraction of sp³-hybridized carbons (Fsp3) is 0.679. The average molecular weight is 480 g/mol. The van der Waals surface area contributed by atoms with E-state index in [0.29, 0.717) is 29.5 Å². The quantitative estimate of drug-likeness (QED) is 0.626. The summed E-state index contributed by atoms with van der Waals surface area (Å²) in [5.74, 6) is 1.83. The Kier molecular flexibility index (Phi) is 7.14. The monoisotopic (exact) mass is 479 g/mol. The number of piperidine rings is 1. The van der Waals surface area contributed by atoms with Crippen molar-refractivity contribution < 1.29 is 9.59 Å². The van der Waals surface area contributed by atoms with Crippen LogP contribution < -0.4 is 10.6 Å². The minimum absolute atomic E-state index is 0.0830. The first-order valence-electron chi connectivity index (χ1n) is 13.7. The van der Waals surface area contributed by atoms with Crippen LogP contribution in [0.2, 0.25) is 0 Å². The summed E-state index contributed by atoms with van der Waals surface area (Å²) in [6, 6.07) is 5.51. The molecule has 2 aromatic heterocycles. The smallest absolute Gasteiger partial charge is 0.271 e. The maximum Gasteiger partial charge on any atom is 0.271 e. The highest BCUT2D eigenvalue weighted by molar-refractivity contribution is 5.95. The number of pyridine rings is 1. The number of rotatable bonds is 7. The molecule has 1 saturated heterocycles. The topological polar surface area (TPSA) is 78.7 Å². The molecule has 190 valence electrons. The molecule has 2 saturated carbocycles. The number of nitrogens with zero attached hydrogens (tertiary/aromatic N) is 3. The van der Waals surface area contributed by atoms with Gasteiger partial charge < -0.3 is 15.5 Å². The molecule has 3 heterocycles. The molecule has 2 N–H and O–H groups in total. The van der Waals surface area contributed by atoms with Gasteiger partial charge in [-0.15, -0.1) is 0 Å². The molecule has 7 heteroatoms. The van der Waals surface area contributed by atoms with Gasteiger partial charge in [0.25, 0.3) is 11.8 Å². The first-order chi connectivity index (χ1) is 16.9. The second-order valence-electron chi connectivity index (χ2n) is 11.6. The summed E-state index contributed by atoms with van der Waals surface area (Å²) in [7, 11) is 2.13. The summed E-state index contributed by atoms with van der Waals surface area (Å²) >= 11 is 0. The summed E-state index contributed by atoms with van der Waals surface area (Å²) in [4.78, 5) is 32.9. The van der Waals surface area contributed by atoms with Crippen molar-refractivity contribution in [1.29, 1.82) is 0 Å². The Morgan fingerprint density at radius 1 is 1.11 bits per heavy atom. The van der Waals surface area contributed by atoms with Gasteiger partial charge in [-0.25, -0.2) is 4.98 Å². The highest BCUT2D eigenvalue weighted by Crippen LogP contribution is 2.51. The first kappa shape index (κ1) is 24.3. The van der Waals surface area contributed by atoms with E-state index < -0.39 is 0 Å². The predicted molar refractivity (Wildman–Crippen MR) is 137 cm³/mol. The number of amides is 2. The third-order valence-electron chi connectivity index (χ3n) is 8.86. The Hall–Kier alpha value is -2.41. The van der Waals surface area contributed by atoms with Crippen molar-refractivity contribution in [2.45, 2.75) is 64.7 Å². The molecular weight excluding hydrogens is 438 g/mol. The van der Waals surface area contributed by atoms with Crippen molar-refractivity contribution in [2.75, 3.05) is 33.2 Å². The van der Waals surface area contributed by atoms with Gasteiger partial charge in [0.05, 0.1) is 0 Å². The number of fused-ring (bicyclic) bond motifs is 3. The van der Waals surface area contributed by atoms with E-state index in [1.807, 2.05) is 18.2 Å². The maximum atomic E-state index is 13.3. The Morgan fingerprint density at radius 3 is 2.83 bits per heavy atom. The molecule has 2 bridgehead atoms. The molecule has 2 aliphatic carbocycles. The zero-order valence-corrected chi connectivity index (χ0v) is 21.4. The van der Waals surface area contributed by atoms with E-state index in [-0.39, 0.29) is 17.2 Å². The summed E-state index contributed by atoms with van der Waals surface area (Å²) in [5.41, 5.74) is 1.77. The fourth-order valence-corrected chi connectivity index (χ4v) is 7.11. The molecule has 35 heavy (non-hydrogen) atoms. The van der Waals surface area contributed by atoms with E-state index in [4.69, 9.17) is 0 Å². The van der Waals surface area contributed by atoms with Gasteiger partial charge in [-0.1, -0.05) is 32.3 Å². The van der Waals surface area contributed by atoms with Crippen LogP contribution in [0.15, 0.2) is 24.4 Å². The lowest BCUT2D eigenvalue weighted by atomic mass is 9.58. The van der Waals surface area contributed by atoms with Gasteiger partial charge in [-0.3, -0.25) is 14.0 Å². The van der Waals surface area contributed by atoms with Crippen LogP contribution in [0.1, 0.15) is 85.7 Å². The maximum absolute atomic E-state index is 13.3. The zero-order chi connectivity index (χ0) is 24.4. The lowest BCUT2D eigenvalue weighted by Crippen LogP contribution is -2.45. The van der Waals surface area contributed by atoms with Crippen molar-refractivity contribution >= 4 is 17.5 Å². The molecule has 3 aliphatic rings. The highest BCUT2D eigenvalue weighted by Gasteiger charge is 2.42. The van der Waals surface area contributed by atoms with Gasteiger partial charge in [-0.05, 0) is 87.4 Å². The lowest BCUT2D eigenvalue weighted by Gasteiger charge is -2.48. The van der Waals surface area contributed by atoms with Crippen LogP contribution in [0, 0.1) is 23.2 Å². The predicted octanol–water partition coefficient (Wildman–Crippen LogP) is 4.13. The number of hydrogen-bond donors (Lipinski definition) is 2. The van der Waals surface area contributed by atoms with E-state index in [1.165, 1.54) is 51.4 Å². The van der Waals surface area contributed by atoms with Crippen molar-refractivity contribution in [1.82, 2.24) is 24.9 Å². The van der Waals surface area contributed by atoms with Gasteiger partial charge in [0.1, 0.15) is 17.0 Å². The van der Waals surface area contributed by atoms with Crippen molar-refractivity contribution in [3.05, 3.63) is 35.8 Å². The van der Waals surface area contributed by atoms with E-state index in [1.54, 1.807) is 10.6 Å². The van der Waals surface area contributed by atoms with Crippen LogP contribution >= 0.6 is 0 Å². The van der Waals surface area contributed by atoms with E-state index in [2.05, 4.69) is 34.5 Å². The summed E-state index contributed by atoms with van der Waals surface area (Å²) in [6.07, 6.45) is 13.0. The largest absolute Gasteiger partial charge is 0.350 e. The molecule has 0 aromatic carbocycles. The number of imidazole rings is 1. The average Bonchev–Trinajstić information content (AvgIpc) is 3.30. The molecule has 3 fully saturated rings. The van der Waals surface area contributed by atoms with Crippen LogP contribution in [-0.4, -0.2) is 59.3 Å². The summed E-state index contributed by atoms with van der Waals surface area (Å²) in [6.45, 7) is 5.85. The van der Waals surface area contributed by atoms with Crippen molar-refractivity contribution in [3.63, 3.8) is 0 Å². The van der Waals surface area contributed by atoms with Crippen LogP contribution in [0.3, 0.4) is 0 Å². The molecule has 4 unspecified atom stereocenters. The number of nitrogens with one attached hydrogen (secondary N) is 2. The first-order valence-corrected chi connectivity index (χ1v) is 13.7. The molecule has 5 rings (SSSR count). The second kappa shape index (κ2) is 10.3. The van der Waals surface area contributed by atoms with Gasteiger partial charge in [0.15, 0.2) is 0 Å². The molecule has 1 aliphatic heterocycles. The van der Waals surface area contributed by atoms with Gasteiger partial charge in [0, 0.05) is 25.8 Å². The number of carbonyl (C=O) groups excluding carboxylic acids is 2. The Balaban J connectivity index is 1.25. The Labute approximate surface area is 209 Å². The normalized spacial score (nSPS) is 29.1. The minimum atomic E-state index is -0.173. The van der Waals surface area contributed by atoms with Crippen LogP contribution in [0.25, 0.3) is 5.65 Å². The third-order valence-corrected chi connectivity index (χ3v) is 8.86. The molecule has 2 amide bonds. The number of likely N-dealkylation sites (tertiary alicyclic amines) is 1. The number of hydrogen-bond acceptors (Lipinski definition) is 4. The molecule has 0 spiro atoms. The van der Waals surface area contributed by atoms with Crippen LogP contribution in [0.4, 0.5) is 0 Å². The highest BCUT2D eigenvalue weighted by atomic mass is 16.2. The van der Waals surface area contributed by atoms with E-state index in [0.717, 1.165) is 37.9 Å².